The van der Waals surface area contributed by atoms with Crippen molar-refractivity contribution in [3.63, 3.8) is 0 Å². The van der Waals surface area contributed by atoms with Gasteiger partial charge in [-0.25, -0.2) is 4.79 Å². The number of furan rings is 1. The maximum absolute atomic E-state index is 12.6. The monoisotopic (exact) mass is 455 g/mol. The Morgan fingerprint density at radius 1 is 1.07 bits per heavy atom. The quantitative estimate of drug-likeness (QED) is 0.417. The van der Waals surface area contributed by atoms with Crippen molar-refractivity contribution in [3.05, 3.63) is 94.0 Å². The number of hydrogen-bond acceptors (Lipinski definition) is 5. The summed E-state index contributed by atoms with van der Waals surface area (Å²) in [5.74, 6) is 0.0827. The van der Waals surface area contributed by atoms with Crippen LogP contribution in [0.25, 0.3) is 6.08 Å². The molecule has 0 saturated carbocycles. The first-order chi connectivity index (χ1) is 14.0. The van der Waals surface area contributed by atoms with Crippen molar-refractivity contribution in [2.24, 2.45) is 0 Å². The maximum atomic E-state index is 12.6. The number of methoxy groups -OCH3 is 1. The van der Waals surface area contributed by atoms with Crippen LogP contribution in [0.2, 0.25) is 0 Å². The molecule has 0 bridgehead atoms. The molecule has 0 aliphatic carbocycles. The number of hydrogen-bond donors (Lipinski definition) is 1. The second-order valence-corrected chi connectivity index (χ2v) is 6.86. The molecule has 148 valence electrons. The van der Waals surface area contributed by atoms with Gasteiger partial charge < -0.3 is 19.2 Å². The Balaban J connectivity index is 1.80. The summed E-state index contributed by atoms with van der Waals surface area (Å²) < 4.78 is 16.4. The molecule has 0 saturated heterocycles. The summed E-state index contributed by atoms with van der Waals surface area (Å²) in [7, 11) is 1.57. The van der Waals surface area contributed by atoms with Gasteiger partial charge in [0.1, 0.15) is 23.8 Å². The number of carbonyl (C=O) groups excluding carboxylic acids is 2. The Bertz CT molecular complexity index is 993. The highest BCUT2D eigenvalue weighted by atomic mass is 79.9. The topological polar surface area (TPSA) is 77.8 Å². The average Bonchev–Trinajstić information content (AvgIpc) is 3.26. The first-order valence-corrected chi connectivity index (χ1v) is 9.46. The predicted molar refractivity (Wildman–Crippen MR) is 111 cm³/mol. The second-order valence-electron chi connectivity index (χ2n) is 5.95. The number of halogens is 1. The van der Waals surface area contributed by atoms with E-state index in [1.165, 1.54) is 6.26 Å². The van der Waals surface area contributed by atoms with Crippen molar-refractivity contribution in [2.75, 3.05) is 7.11 Å². The van der Waals surface area contributed by atoms with Crippen LogP contribution >= 0.6 is 15.9 Å². The van der Waals surface area contributed by atoms with Crippen LogP contribution in [-0.4, -0.2) is 19.0 Å². The molecule has 1 heterocycles. The van der Waals surface area contributed by atoms with Gasteiger partial charge in [0.15, 0.2) is 0 Å². The van der Waals surface area contributed by atoms with Crippen molar-refractivity contribution in [1.82, 2.24) is 5.32 Å². The third kappa shape index (κ3) is 5.83. The lowest BCUT2D eigenvalue weighted by molar-refractivity contribution is -0.141. The summed E-state index contributed by atoms with van der Waals surface area (Å²) in [5, 5.41) is 2.63. The molecule has 0 radical (unpaired) electrons. The molecule has 0 aliphatic heterocycles. The van der Waals surface area contributed by atoms with Crippen LogP contribution in [0.5, 0.6) is 5.75 Å². The van der Waals surface area contributed by atoms with E-state index in [0.29, 0.717) is 22.6 Å². The largest absolute Gasteiger partial charge is 0.497 e. The lowest BCUT2D eigenvalue weighted by Gasteiger charge is -2.10. The van der Waals surface area contributed by atoms with E-state index in [1.807, 2.05) is 0 Å². The fourth-order valence-corrected chi connectivity index (χ4v) is 2.68. The van der Waals surface area contributed by atoms with Crippen LogP contribution in [0.1, 0.15) is 21.7 Å². The maximum Gasteiger partial charge on any atom is 0.355 e. The summed E-state index contributed by atoms with van der Waals surface area (Å²) in [6.45, 7) is -0.0417. The van der Waals surface area contributed by atoms with Crippen LogP contribution in [0.4, 0.5) is 0 Å². The third-order valence-electron chi connectivity index (χ3n) is 3.93. The minimum atomic E-state index is -0.678. The van der Waals surface area contributed by atoms with Gasteiger partial charge in [0.2, 0.25) is 0 Å². The molecule has 2 aromatic carbocycles. The van der Waals surface area contributed by atoms with Gasteiger partial charge in [-0.2, -0.15) is 0 Å². The zero-order valence-corrected chi connectivity index (χ0v) is 17.1. The number of ether oxygens (including phenoxy) is 2. The molecule has 6 nitrogen and oxygen atoms in total. The van der Waals surface area contributed by atoms with Crippen molar-refractivity contribution >= 4 is 33.9 Å². The lowest BCUT2D eigenvalue weighted by Crippen LogP contribution is -2.28. The van der Waals surface area contributed by atoms with Gasteiger partial charge in [0.25, 0.3) is 5.91 Å². The number of nitrogens with one attached hydrogen (secondary N) is 1. The van der Waals surface area contributed by atoms with Crippen molar-refractivity contribution in [1.29, 1.82) is 0 Å². The number of amides is 1. The fourth-order valence-electron chi connectivity index (χ4n) is 2.42. The Morgan fingerprint density at radius 2 is 1.79 bits per heavy atom. The zero-order valence-electron chi connectivity index (χ0n) is 15.6. The van der Waals surface area contributed by atoms with E-state index < -0.39 is 11.9 Å². The van der Waals surface area contributed by atoms with Crippen LogP contribution in [0.3, 0.4) is 0 Å². The van der Waals surface area contributed by atoms with Crippen LogP contribution in [0, 0.1) is 0 Å². The van der Waals surface area contributed by atoms with Crippen LogP contribution in [-0.2, 0) is 16.1 Å². The molecule has 7 heteroatoms. The van der Waals surface area contributed by atoms with E-state index in [4.69, 9.17) is 13.9 Å². The molecule has 0 unspecified atom stereocenters. The molecular formula is C22H18BrNO5. The Morgan fingerprint density at radius 3 is 2.41 bits per heavy atom. The van der Waals surface area contributed by atoms with Crippen molar-refractivity contribution in [2.45, 2.75) is 6.61 Å². The molecule has 3 rings (SSSR count). The molecule has 1 aromatic heterocycles. The Hall–Kier alpha value is -3.32. The van der Waals surface area contributed by atoms with E-state index in [0.717, 1.165) is 4.47 Å². The minimum Gasteiger partial charge on any atom is -0.497 e. The highest BCUT2D eigenvalue weighted by Gasteiger charge is 2.17. The summed E-state index contributed by atoms with van der Waals surface area (Å²) >= 11 is 3.33. The summed E-state index contributed by atoms with van der Waals surface area (Å²) in [6.07, 6.45) is 3.03. The summed E-state index contributed by atoms with van der Waals surface area (Å²) in [6, 6.07) is 17.2. The number of esters is 1. The number of carbonyl (C=O) groups is 2. The van der Waals surface area contributed by atoms with Gasteiger partial charge in [-0.3, -0.25) is 4.79 Å². The first-order valence-electron chi connectivity index (χ1n) is 8.67. The van der Waals surface area contributed by atoms with Gasteiger partial charge in [-0.05, 0) is 60.2 Å². The molecule has 1 amide bonds. The first kappa shape index (κ1) is 20.4. The second kappa shape index (κ2) is 9.75. The molecule has 29 heavy (non-hydrogen) atoms. The van der Waals surface area contributed by atoms with Crippen LogP contribution < -0.4 is 10.1 Å². The van der Waals surface area contributed by atoms with Gasteiger partial charge in [-0.15, -0.1) is 0 Å². The standard InChI is InChI=1S/C22H18BrNO5/c1-27-18-10-4-15(5-11-18)13-20(22(26)29-14-19-3-2-12-28-19)24-21(25)16-6-8-17(23)9-7-16/h2-13H,14H2,1H3,(H,24,25)/b20-13-. The molecule has 0 spiro atoms. The van der Waals surface area contributed by atoms with Gasteiger partial charge >= 0.3 is 5.97 Å². The normalized spacial score (nSPS) is 11.0. The van der Waals surface area contributed by atoms with Gasteiger partial charge in [-0.1, -0.05) is 28.1 Å². The third-order valence-corrected chi connectivity index (χ3v) is 4.46. The van der Waals surface area contributed by atoms with Gasteiger partial charge in [0.05, 0.1) is 13.4 Å². The Labute approximate surface area is 176 Å². The van der Waals surface area contributed by atoms with E-state index in [-0.39, 0.29) is 12.3 Å². The van der Waals surface area contributed by atoms with E-state index in [9.17, 15) is 9.59 Å². The fraction of sp³-hybridized carbons (Fsp3) is 0.0909. The molecule has 0 aliphatic rings. The van der Waals surface area contributed by atoms with Crippen LogP contribution in [0.15, 0.2) is 81.5 Å². The zero-order chi connectivity index (χ0) is 20.6. The molecule has 3 aromatic rings. The lowest BCUT2D eigenvalue weighted by atomic mass is 10.1. The van der Waals surface area contributed by atoms with Crippen molar-refractivity contribution in [3.8, 4) is 5.75 Å². The van der Waals surface area contributed by atoms with E-state index >= 15 is 0 Å². The van der Waals surface area contributed by atoms with E-state index in [2.05, 4.69) is 21.2 Å². The van der Waals surface area contributed by atoms with Gasteiger partial charge in [0, 0.05) is 10.0 Å². The highest BCUT2D eigenvalue weighted by molar-refractivity contribution is 9.10. The SMILES string of the molecule is COc1ccc(/C=C(\NC(=O)c2ccc(Br)cc2)C(=O)OCc2ccco2)cc1. The smallest absolute Gasteiger partial charge is 0.355 e. The van der Waals surface area contributed by atoms with Crippen molar-refractivity contribution < 1.29 is 23.5 Å². The Kier molecular flexibility index (Phi) is 6.86. The molecule has 0 atom stereocenters. The number of benzene rings is 2. The molecule has 0 fully saturated rings. The minimum absolute atomic E-state index is 0.00893. The number of rotatable bonds is 7. The van der Waals surface area contributed by atoms with E-state index in [1.54, 1.807) is 73.8 Å². The summed E-state index contributed by atoms with van der Waals surface area (Å²) in [4.78, 5) is 25.2. The predicted octanol–water partition coefficient (Wildman–Crippen LogP) is 4.57. The summed E-state index contributed by atoms with van der Waals surface area (Å²) in [5.41, 5.74) is 1.12. The molecular weight excluding hydrogens is 438 g/mol. The molecule has 1 N–H and O–H groups in total. The highest BCUT2D eigenvalue weighted by Crippen LogP contribution is 2.15. The average molecular weight is 456 g/mol.